The van der Waals surface area contributed by atoms with Crippen molar-refractivity contribution in [2.24, 2.45) is 0 Å². The molecular formula is C3H6ClN. The van der Waals surface area contributed by atoms with Crippen LogP contribution in [0.4, 0.5) is 0 Å². The zero-order valence-electron chi connectivity index (χ0n) is 3.09. The summed E-state index contributed by atoms with van der Waals surface area (Å²) in [7, 11) is 0. The highest BCUT2D eigenvalue weighted by Gasteiger charge is 1.74. The molecule has 0 aliphatic carbocycles. The molecule has 0 aromatic heterocycles. The van der Waals surface area contributed by atoms with E-state index < -0.39 is 0 Å². The van der Waals surface area contributed by atoms with E-state index in [1.807, 2.05) is 6.92 Å². The predicted molar refractivity (Wildman–Crippen MR) is 23.9 cm³/mol. The first-order chi connectivity index (χ1) is 2.27. The first kappa shape index (κ1) is 4.96. The quantitative estimate of drug-likeness (QED) is 0.474. The smallest absolute Gasteiger partial charge is 0.0966 e. The molecule has 0 rings (SSSR count). The second-order valence-corrected chi connectivity index (χ2v) is 1.21. The van der Waals surface area contributed by atoms with Crippen LogP contribution in [-0.4, -0.2) is 5.17 Å². The zero-order valence-corrected chi connectivity index (χ0v) is 3.84. The van der Waals surface area contributed by atoms with Crippen LogP contribution in [0, 0.1) is 5.41 Å². The second kappa shape index (κ2) is 2.21. The Morgan fingerprint density at radius 1 is 2.00 bits per heavy atom. The number of rotatable bonds is 1. The van der Waals surface area contributed by atoms with Gasteiger partial charge in [-0.25, -0.2) is 0 Å². The molecular weight excluding hydrogens is 85.5 g/mol. The van der Waals surface area contributed by atoms with Gasteiger partial charge < -0.3 is 0 Å². The third-order valence-electron chi connectivity index (χ3n) is 0.310. The fourth-order valence-corrected chi connectivity index (χ4v) is 0. The molecule has 0 unspecified atom stereocenters. The summed E-state index contributed by atoms with van der Waals surface area (Å²) in [5.41, 5.74) is 0. The van der Waals surface area contributed by atoms with Gasteiger partial charge in [-0.1, -0.05) is 18.5 Å². The molecule has 0 aliphatic rings. The summed E-state index contributed by atoms with van der Waals surface area (Å²) >= 11 is 5.05. The van der Waals surface area contributed by atoms with E-state index in [9.17, 15) is 0 Å². The van der Waals surface area contributed by atoms with E-state index in [1.54, 1.807) is 0 Å². The van der Waals surface area contributed by atoms with Gasteiger partial charge in [-0.15, -0.1) is 0 Å². The maximum absolute atomic E-state index is 6.51. The molecule has 0 bridgehead atoms. The van der Waals surface area contributed by atoms with Gasteiger partial charge in [0.25, 0.3) is 0 Å². The lowest BCUT2D eigenvalue weighted by molar-refractivity contribution is 1.28. The molecule has 0 amide bonds. The molecule has 0 aliphatic heterocycles. The predicted octanol–water partition coefficient (Wildman–Crippen LogP) is 1.61. The molecule has 5 heavy (non-hydrogen) atoms. The summed E-state index contributed by atoms with van der Waals surface area (Å²) in [5.74, 6) is 0. The molecule has 0 heterocycles. The normalized spacial score (nSPS) is 7.60. The Hall–Kier alpha value is -0.0400. The van der Waals surface area contributed by atoms with E-state index in [0.29, 0.717) is 6.42 Å². The number of nitrogens with one attached hydrogen (secondary N) is 1. The molecule has 0 saturated carbocycles. The van der Waals surface area contributed by atoms with Crippen LogP contribution in [0.3, 0.4) is 0 Å². The van der Waals surface area contributed by atoms with E-state index in [0.717, 1.165) is 0 Å². The van der Waals surface area contributed by atoms with Crippen LogP contribution in [-0.2, 0) is 0 Å². The highest BCUT2D eigenvalue weighted by atomic mass is 35.5. The van der Waals surface area contributed by atoms with Crippen molar-refractivity contribution < 1.29 is 0 Å². The maximum atomic E-state index is 6.51. The van der Waals surface area contributed by atoms with Gasteiger partial charge in [0.2, 0.25) is 0 Å². The molecule has 0 spiro atoms. The first-order valence-electron chi connectivity index (χ1n) is 1.50. The Bertz CT molecular complexity index is 42.2. The van der Waals surface area contributed by atoms with Crippen molar-refractivity contribution in [2.45, 2.75) is 13.3 Å². The van der Waals surface area contributed by atoms with Crippen molar-refractivity contribution >= 4 is 16.8 Å². The summed E-state index contributed by atoms with van der Waals surface area (Å²) in [5, 5.41) is 6.74. The van der Waals surface area contributed by atoms with Crippen molar-refractivity contribution in [2.75, 3.05) is 0 Å². The van der Waals surface area contributed by atoms with E-state index >= 15 is 0 Å². The minimum atomic E-state index is 0.227. The molecule has 1 nitrogen and oxygen atoms in total. The van der Waals surface area contributed by atoms with Crippen molar-refractivity contribution in [1.29, 1.82) is 5.41 Å². The van der Waals surface area contributed by atoms with Gasteiger partial charge in [0.1, 0.15) is 0 Å². The molecule has 0 fully saturated rings. The van der Waals surface area contributed by atoms with Crippen molar-refractivity contribution in [1.82, 2.24) is 0 Å². The fourth-order valence-electron chi connectivity index (χ4n) is 0. The number of halogens is 1. The Morgan fingerprint density at radius 3 is 2.20 bits per heavy atom. The van der Waals surface area contributed by atoms with E-state index in [2.05, 4.69) is 0 Å². The molecule has 0 aromatic rings. The zero-order chi connectivity index (χ0) is 4.28. The Morgan fingerprint density at radius 2 is 2.20 bits per heavy atom. The summed E-state index contributed by atoms with van der Waals surface area (Å²) in [4.78, 5) is 0. The number of hydrogen-bond acceptors (Lipinski definition) is 1. The van der Waals surface area contributed by atoms with Crippen molar-refractivity contribution in [3.63, 3.8) is 0 Å². The van der Waals surface area contributed by atoms with Crippen LogP contribution >= 0.6 is 11.6 Å². The minimum Gasteiger partial charge on any atom is -0.293 e. The van der Waals surface area contributed by atoms with Crippen LogP contribution in [0.25, 0.3) is 0 Å². The molecule has 2 heteroatoms. The highest BCUT2D eigenvalue weighted by molar-refractivity contribution is 6.64. The average Bonchev–Trinajstić information content (AvgIpc) is 1.38. The van der Waals surface area contributed by atoms with Gasteiger partial charge in [0.15, 0.2) is 0 Å². The fraction of sp³-hybridized carbons (Fsp3) is 0.667. The van der Waals surface area contributed by atoms with Crippen molar-refractivity contribution in [3.05, 3.63) is 0 Å². The van der Waals surface area contributed by atoms with Gasteiger partial charge in [0, 0.05) is 0 Å². The van der Waals surface area contributed by atoms with E-state index in [4.69, 9.17) is 17.0 Å². The van der Waals surface area contributed by atoms with Gasteiger partial charge in [-0.3, -0.25) is 5.41 Å². The van der Waals surface area contributed by atoms with E-state index in [1.165, 1.54) is 0 Å². The first-order valence-corrected chi connectivity index (χ1v) is 1.88. The molecule has 1 N–H and O–H groups in total. The van der Waals surface area contributed by atoms with Gasteiger partial charge in [-0.05, 0) is 6.42 Å². The van der Waals surface area contributed by atoms with Crippen molar-refractivity contribution in [3.8, 4) is 0 Å². The largest absolute Gasteiger partial charge is 0.293 e. The maximum Gasteiger partial charge on any atom is 0.0966 e. The third kappa shape index (κ3) is 3.96. The molecule has 30 valence electrons. The summed E-state index contributed by atoms with van der Waals surface area (Å²) in [6, 6.07) is 0. The standard InChI is InChI=1S/C3H6ClN/c1-2-3(4)5/h5H,2H2,1H3. The lowest BCUT2D eigenvalue weighted by Crippen LogP contribution is -1.72. The lowest BCUT2D eigenvalue weighted by atomic mass is 10.5. The minimum absolute atomic E-state index is 0.227. The van der Waals surface area contributed by atoms with Crippen LogP contribution in [0.15, 0.2) is 0 Å². The van der Waals surface area contributed by atoms with Crippen LogP contribution in [0.1, 0.15) is 13.3 Å². The monoisotopic (exact) mass is 91.0 g/mol. The van der Waals surface area contributed by atoms with Gasteiger partial charge in [0.05, 0.1) is 5.17 Å². The third-order valence-corrected chi connectivity index (χ3v) is 0.578. The Kier molecular flexibility index (Phi) is 2.19. The lowest BCUT2D eigenvalue weighted by Gasteiger charge is -1.73. The summed E-state index contributed by atoms with van der Waals surface area (Å²) in [6.45, 7) is 1.84. The Balaban J connectivity index is 2.85. The topological polar surface area (TPSA) is 23.9 Å². The highest BCUT2D eigenvalue weighted by Crippen LogP contribution is 1.82. The summed E-state index contributed by atoms with van der Waals surface area (Å²) < 4.78 is 0. The molecule has 0 radical (unpaired) electrons. The molecule has 0 atom stereocenters. The van der Waals surface area contributed by atoms with Crippen LogP contribution in [0.5, 0.6) is 0 Å². The van der Waals surface area contributed by atoms with Crippen LogP contribution < -0.4 is 0 Å². The second-order valence-electron chi connectivity index (χ2n) is 0.758. The molecule has 0 aromatic carbocycles. The SMILES string of the molecule is CCC(=N)Cl. The average molecular weight is 91.5 g/mol. The van der Waals surface area contributed by atoms with Crippen LogP contribution in [0.2, 0.25) is 0 Å². The Labute approximate surface area is 36.5 Å². The summed E-state index contributed by atoms with van der Waals surface area (Å²) in [6.07, 6.45) is 0.654. The van der Waals surface area contributed by atoms with E-state index in [-0.39, 0.29) is 5.17 Å². The van der Waals surface area contributed by atoms with Gasteiger partial charge in [-0.2, -0.15) is 0 Å². The van der Waals surface area contributed by atoms with Gasteiger partial charge >= 0.3 is 0 Å². The molecule has 0 saturated heterocycles. The number of hydrogen-bond donors (Lipinski definition) is 1.